The molecule has 3 aromatic carbocycles. The van der Waals surface area contributed by atoms with Crippen molar-refractivity contribution >= 4 is 17.5 Å². The van der Waals surface area contributed by atoms with E-state index >= 15 is 0 Å². The fourth-order valence-electron chi connectivity index (χ4n) is 5.12. The normalized spacial score (nSPS) is 15.7. The third-order valence-electron chi connectivity index (χ3n) is 6.83. The van der Waals surface area contributed by atoms with Gasteiger partial charge in [-0.2, -0.15) is 0 Å². The Labute approximate surface area is 212 Å². The first-order chi connectivity index (χ1) is 17.2. The van der Waals surface area contributed by atoms with E-state index in [1.165, 1.54) is 16.8 Å². The van der Waals surface area contributed by atoms with Crippen molar-refractivity contribution in [1.29, 1.82) is 0 Å². The van der Waals surface area contributed by atoms with Gasteiger partial charge in [-0.05, 0) is 47.4 Å². The van der Waals surface area contributed by atoms with Gasteiger partial charge in [-0.15, -0.1) is 0 Å². The summed E-state index contributed by atoms with van der Waals surface area (Å²) in [5, 5.41) is 3.91. The van der Waals surface area contributed by atoms with Crippen molar-refractivity contribution in [2.45, 2.75) is 24.9 Å². The van der Waals surface area contributed by atoms with E-state index < -0.39 is 0 Å². The molecule has 1 aliphatic heterocycles. The number of amides is 1. The van der Waals surface area contributed by atoms with Crippen LogP contribution in [0.2, 0.25) is 5.02 Å². The highest BCUT2D eigenvalue weighted by atomic mass is 35.5. The Morgan fingerprint density at radius 2 is 1.51 bits per heavy atom. The zero-order valence-corrected chi connectivity index (χ0v) is 20.4. The van der Waals surface area contributed by atoms with E-state index in [-0.39, 0.29) is 17.9 Å². The number of rotatable bonds is 8. The van der Waals surface area contributed by atoms with Crippen LogP contribution in [0.1, 0.15) is 40.8 Å². The molecule has 1 aromatic heterocycles. The Bertz CT molecular complexity index is 1200. The largest absolute Gasteiger partial charge is 0.355 e. The van der Waals surface area contributed by atoms with Gasteiger partial charge in [0.25, 0.3) is 0 Å². The zero-order chi connectivity index (χ0) is 24.0. The lowest BCUT2D eigenvalue weighted by molar-refractivity contribution is -0.122. The number of hydrogen-bond acceptors (Lipinski definition) is 2. The molecule has 1 N–H and O–H groups in total. The zero-order valence-electron chi connectivity index (χ0n) is 19.7. The third kappa shape index (κ3) is 5.50. The van der Waals surface area contributed by atoms with Crippen LogP contribution < -0.4 is 5.32 Å². The number of carbonyl (C=O) groups excluding carboxylic acids is 1. The first-order valence-electron chi connectivity index (χ1n) is 12.2. The molecule has 5 heteroatoms. The van der Waals surface area contributed by atoms with Crippen molar-refractivity contribution < 1.29 is 4.79 Å². The smallest absolute Gasteiger partial charge is 0.234 e. The van der Waals surface area contributed by atoms with Gasteiger partial charge >= 0.3 is 0 Å². The second-order valence-electron chi connectivity index (χ2n) is 9.06. The Hall–Kier alpha value is -3.34. The molecule has 0 saturated heterocycles. The number of halogens is 1. The lowest BCUT2D eigenvalue weighted by Crippen LogP contribution is -2.44. The van der Waals surface area contributed by atoms with E-state index in [0.29, 0.717) is 13.1 Å². The molecule has 2 heterocycles. The summed E-state index contributed by atoms with van der Waals surface area (Å²) < 4.78 is 2.28. The van der Waals surface area contributed by atoms with Crippen LogP contribution >= 0.6 is 11.6 Å². The van der Waals surface area contributed by atoms with Gasteiger partial charge in [0.1, 0.15) is 0 Å². The fraction of sp³-hybridized carbons (Fsp3) is 0.233. The highest BCUT2D eigenvalue weighted by Crippen LogP contribution is 2.33. The highest BCUT2D eigenvalue weighted by Gasteiger charge is 2.30. The molecule has 0 fully saturated rings. The summed E-state index contributed by atoms with van der Waals surface area (Å²) in [4.78, 5) is 15.3. The van der Waals surface area contributed by atoms with Crippen LogP contribution in [0.3, 0.4) is 0 Å². The highest BCUT2D eigenvalue weighted by molar-refractivity contribution is 6.30. The third-order valence-corrected chi connectivity index (χ3v) is 7.08. The van der Waals surface area contributed by atoms with Crippen LogP contribution in [-0.2, 0) is 11.3 Å². The molecule has 0 bridgehead atoms. The summed E-state index contributed by atoms with van der Waals surface area (Å²) in [7, 11) is 0. The molecule has 0 radical (unpaired) electrons. The minimum atomic E-state index is 0.0307. The predicted octanol–water partition coefficient (Wildman–Crippen LogP) is 5.88. The summed E-state index contributed by atoms with van der Waals surface area (Å²) in [5.41, 5.74) is 4.90. The maximum atomic E-state index is 13.1. The van der Waals surface area contributed by atoms with Crippen LogP contribution in [0.4, 0.5) is 0 Å². The first kappa shape index (κ1) is 23.4. The Morgan fingerprint density at radius 1 is 0.857 bits per heavy atom. The predicted molar refractivity (Wildman–Crippen MR) is 142 cm³/mol. The molecule has 35 heavy (non-hydrogen) atoms. The van der Waals surface area contributed by atoms with Crippen molar-refractivity contribution in [2.75, 3.05) is 19.6 Å². The number of aromatic nitrogens is 1. The average Bonchev–Trinajstić information content (AvgIpc) is 3.37. The molecule has 1 aliphatic rings. The van der Waals surface area contributed by atoms with Gasteiger partial charge in [0, 0.05) is 42.5 Å². The number of carbonyl (C=O) groups is 1. The molecule has 1 atom stereocenters. The van der Waals surface area contributed by atoms with Gasteiger partial charge in [0.15, 0.2) is 0 Å². The molecule has 5 rings (SSSR count). The van der Waals surface area contributed by atoms with Crippen LogP contribution in [0.5, 0.6) is 0 Å². The summed E-state index contributed by atoms with van der Waals surface area (Å²) >= 11 is 6.14. The van der Waals surface area contributed by atoms with Crippen molar-refractivity contribution in [1.82, 2.24) is 14.8 Å². The molecule has 178 valence electrons. The summed E-state index contributed by atoms with van der Waals surface area (Å²) in [6, 6.07) is 33.3. The van der Waals surface area contributed by atoms with Crippen LogP contribution in [0.25, 0.3) is 0 Å². The Balaban J connectivity index is 1.26. The van der Waals surface area contributed by atoms with Crippen LogP contribution in [0, 0.1) is 0 Å². The van der Waals surface area contributed by atoms with E-state index in [4.69, 9.17) is 11.6 Å². The van der Waals surface area contributed by atoms with Gasteiger partial charge in [-0.1, -0.05) is 84.4 Å². The monoisotopic (exact) mass is 483 g/mol. The topological polar surface area (TPSA) is 37.3 Å². The molecular weight excluding hydrogens is 454 g/mol. The number of benzene rings is 3. The quantitative estimate of drug-likeness (QED) is 0.339. The Morgan fingerprint density at radius 3 is 2.17 bits per heavy atom. The summed E-state index contributed by atoms with van der Waals surface area (Å²) in [6.07, 6.45) is 2.96. The number of nitrogens with zero attached hydrogens (tertiary/aromatic N) is 2. The van der Waals surface area contributed by atoms with Gasteiger partial charge < -0.3 is 9.88 Å². The number of nitrogens with one attached hydrogen (secondary N) is 1. The summed E-state index contributed by atoms with van der Waals surface area (Å²) in [6.45, 7) is 2.69. The molecule has 0 saturated carbocycles. The minimum absolute atomic E-state index is 0.0307. The van der Waals surface area contributed by atoms with Crippen molar-refractivity contribution in [3.8, 4) is 0 Å². The fourth-order valence-corrected chi connectivity index (χ4v) is 5.25. The van der Waals surface area contributed by atoms with E-state index in [0.717, 1.165) is 30.1 Å². The maximum absolute atomic E-state index is 13.1. The van der Waals surface area contributed by atoms with E-state index in [1.54, 1.807) is 0 Å². The van der Waals surface area contributed by atoms with E-state index in [9.17, 15) is 4.79 Å². The molecule has 4 nitrogen and oxygen atoms in total. The van der Waals surface area contributed by atoms with Crippen LogP contribution in [-0.4, -0.2) is 35.0 Å². The first-order valence-corrected chi connectivity index (χ1v) is 12.6. The van der Waals surface area contributed by atoms with Gasteiger partial charge in [0.05, 0.1) is 12.6 Å². The van der Waals surface area contributed by atoms with Crippen molar-refractivity contribution in [3.63, 3.8) is 0 Å². The molecule has 0 aliphatic carbocycles. The SMILES string of the molecule is O=C(CN1CCn2cccc2C1c1ccc(Cl)cc1)NCCC(c1ccccc1)c1ccccc1. The molecular formula is C30H30ClN3O. The van der Waals surface area contributed by atoms with Gasteiger partial charge in [0.2, 0.25) is 5.91 Å². The molecule has 4 aromatic rings. The second-order valence-corrected chi connectivity index (χ2v) is 9.50. The molecule has 1 unspecified atom stereocenters. The lowest BCUT2D eigenvalue weighted by atomic mass is 9.88. The van der Waals surface area contributed by atoms with Gasteiger partial charge in [-0.25, -0.2) is 0 Å². The number of hydrogen-bond donors (Lipinski definition) is 1. The van der Waals surface area contributed by atoms with Crippen LogP contribution in [0.15, 0.2) is 103 Å². The molecule has 0 spiro atoms. The second kappa shape index (κ2) is 10.9. The van der Waals surface area contributed by atoms with Crippen molar-refractivity contribution in [3.05, 3.63) is 131 Å². The van der Waals surface area contributed by atoms with E-state index in [2.05, 4.69) is 93.8 Å². The molecule has 1 amide bonds. The minimum Gasteiger partial charge on any atom is -0.355 e. The Kier molecular flexibility index (Phi) is 7.31. The van der Waals surface area contributed by atoms with Crippen molar-refractivity contribution in [2.24, 2.45) is 0 Å². The maximum Gasteiger partial charge on any atom is 0.234 e. The van der Waals surface area contributed by atoms with Gasteiger partial charge in [-0.3, -0.25) is 9.69 Å². The lowest BCUT2D eigenvalue weighted by Gasteiger charge is -2.37. The average molecular weight is 484 g/mol. The standard InChI is InChI=1S/C30H30ClN3O/c31-26-15-13-25(14-16-26)30-28-12-7-19-33(28)20-21-34(30)22-29(35)32-18-17-27(23-8-3-1-4-9-23)24-10-5-2-6-11-24/h1-16,19,27,30H,17-18,20-22H2,(H,32,35). The van der Waals surface area contributed by atoms with E-state index in [1.807, 2.05) is 24.3 Å². The summed E-state index contributed by atoms with van der Waals surface area (Å²) in [5.74, 6) is 0.307. The number of fused-ring (bicyclic) bond motifs is 1.